The maximum atomic E-state index is 10.9. The molecule has 0 spiro atoms. The zero-order valence-electron chi connectivity index (χ0n) is 38.6. The number of aromatic amines is 2. The molecule has 6 aromatic heterocycles. The zero-order chi connectivity index (χ0) is 44.7. The summed E-state index contributed by atoms with van der Waals surface area (Å²) in [6.07, 6.45) is 1.25. The quantitative estimate of drug-likeness (QED) is 0.0882. The maximum Gasteiger partial charge on any atom is 0.367 e. The molecule has 0 atom stereocenters. The molecule has 0 aromatic carbocycles. The molecule has 0 amide bonds. The number of aromatic nitrogens is 6. The molecule has 6 heterocycles. The molecule has 0 fully saturated rings. The van der Waals surface area contributed by atoms with Crippen LogP contribution in [-0.2, 0) is 32.7 Å². The van der Waals surface area contributed by atoms with Crippen molar-refractivity contribution in [2.75, 3.05) is 0 Å². The van der Waals surface area contributed by atoms with Crippen LogP contribution in [0.25, 0.3) is 22.1 Å². The van der Waals surface area contributed by atoms with Crippen molar-refractivity contribution in [2.24, 2.45) is 0 Å². The summed E-state index contributed by atoms with van der Waals surface area (Å²) in [4.78, 5) is 43.3. The standard InChI is InChI=1S/C12H16N2.C11H16N2O2.C11H14N2O.C8H9N2O2.C3H8.Y/c1-6-7(2)11-8(3)10(5)14-12(11)13-9(6)4;1-6(2)10-8(4)7(3)9(5)12-11(10)13(14)15;1-5-6(2)9-7(3)11(14)13-10(9)12-8(5)4;1-5-4-8(10(11)12)9-7(3)6(5)2;1-3-2;/h1-5H3,(H,13,14);6H,1-5H3;14H,1-4H3,(H,12,13);1-3H3;3H2,1-2H3;/q;;;-1;;. The van der Waals surface area contributed by atoms with Gasteiger partial charge in [0.15, 0.2) is 11.6 Å². The van der Waals surface area contributed by atoms with Crippen molar-refractivity contribution in [1.29, 1.82) is 0 Å². The van der Waals surface area contributed by atoms with Gasteiger partial charge in [0.1, 0.15) is 11.3 Å². The Bertz CT molecular complexity index is 2350. The van der Waals surface area contributed by atoms with E-state index in [0.29, 0.717) is 5.69 Å². The first-order chi connectivity index (χ1) is 26.8. The first-order valence-corrected chi connectivity index (χ1v) is 19.5. The van der Waals surface area contributed by atoms with E-state index >= 15 is 0 Å². The van der Waals surface area contributed by atoms with E-state index in [-0.39, 0.29) is 56.1 Å². The molecule has 6 rings (SSSR count). The first-order valence-electron chi connectivity index (χ1n) is 19.5. The van der Waals surface area contributed by atoms with Crippen LogP contribution in [0, 0.1) is 130 Å². The average Bonchev–Trinajstić information content (AvgIpc) is 3.59. The van der Waals surface area contributed by atoms with Crippen LogP contribution in [0.4, 0.5) is 11.6 Å². The van der Waals surface area contributed by atoms with Crippen LogP contribution in [0.2, 0.25) is 0 Å². The molecule has 0 unspecified atom stereocenters. The van der Waals surface area contributed by atoms with Crippen molar-refractivity contribution in [2.45, 2.75) is 144 Å². The summed E-state index contributed by atoms with van der Waals surface area (Å²) in [6, 6.07) is 2.61. The number of aromatic hydroxyl groups is 1. The van der Waals surface area contributed by atoms with Gasteiger partial charge in [-0.05, 0) is 143 Å². The molecule has 0 aliphatic carbocycles. The summed E-state index contributed by atoms with van der Waals surface area (Å²) >= 11 is 0. The summed E-state index contributed by atoms with van der Waals surface area (Å²) in [5.74, 6) is 0.152. The first kappa shape index (κ1) is 52.4. The molecule has 0 saturated carbocycles. The second-order valence-corrected chi connectivity index (χ2v) is 15.3. The minimum absolute atomic E-state index is 0. The Kier molecular flexibility index (Phi) is 19.6. The minimum Gasteiger partial charge on any atom is -0.494 e. The minimum atomic E-state index is -0.528. The number of rotatable bonds is 3. The number of nitrogens with zero attached hydrogens (tertiary/aromatic N) is 6. The van der Waals surface area contributed by atoms with E-state index in [0.717, 1.165) is 67.1 Å². The van der Waals surface area contributed by atoms with Crippen molar-refractivity contribution in [1.82, 2.24) is 29.9 Å². The molecule has 0 aliphatic heterocycles. The van der Waals surface area contributed by atoms with Gasteiger partial charge in [0, 0.05) is 73.1 Å². The molecule has 317 valence electrons. The Balaban J connectivity index is 0.000000383. The summed E-state index contributed by atoms with van der Waals surface area (Å²) in [5.41, 5.74) is 18.4. The van der Waals surface area contributed by atoms with Crippen molar-refractivity contribution >= 4 is 33.7 Å². The van der Waals surface area contributed by atoms with Crippen molar-refractivity contribution < 1.29 is 47.7 Å². The summed E-state index contributed by atoms with van der Waals surface area (Å²) < 4.78 is 0. The fraction of sp³-hybridized carbons (Fsp3) is 0.467. The van der Waals surface area contributed by atoms with E-state index in [2.05, 4.69) is 98.3 Å². The van der Waals surface area contributed by atoms with Crippen LogP contribution in [0.3, 0.4) is 0 Å². The molecule has 0 bridgehead atoms. The van der Waals surface area contributed by atoms with Gasteiger partial charge in [0.2, 0.25) is 0 Å². The van der Waals surface area contributed by atoms with E-state index in [9.17, 15) is 25.3 Å². The molecule has 3 N–H and O–H groups in total. The Morgan fingerprint density at radius 1 is 0.576 bits per heavy atom. The second kappa shape index (κ2) is 22.1. The van der Waals surface area contributed by atoms with E-state index in [1.807, 2.05) is 48.5 Å². The topological polar surface area (TPSA) is 190 Å². The van der Waals surface area contributed by atoms with Crippen LogP contribution < -0.4 is 0 Å². The molecule has 1 radical (unpaired) electrons. The average molecular weight is 885 g/mol. The molecule has 13 nitrogen and oxygen atoms in total. The van der Waals surface area contributed by atoms with Crippen molar-refractivity contribution in [3.05, 3.63) is 116 Å². The van der Waals surface area contributed by atoms with Crippen LogP contribution in [0.1, 0.15) is 130 Å². The second-order valence-electron chi connectivity index (χ2n) is 15.3. The smallest absolute Gasteiger partial charge is 0.367 e. The van der Waals surface area contributed by atoms with Crippen LogP contribution in [-0.4, -0.2) is 44.9 Å². The van der Waals surface area contributed by atoms with E-state index in [4.69, 9.17) is 0 Å². The monoisotopic (exact) mass is 884 g/mol. The van der Waals surface area contributed by atoms with Gasteiger partial charge < -0.3 is 35.3 Å². The maximum absolute atomic E-state index is 10.9. The summed E-state index contributed by atoms with van der Waals surface area (Å²) in [7, 11) is 0. The predicted molar refractivity (Wildman–Crippen MR) is 236 cm³/mol. The van der Waals surface area contributed by atoms with Gasteiger partial charge in [-0.25, -0.2) is 15.5 Å². The van der Waals surface area contributed by atoms with Gasteiger partial charge in [-0.2, -0.15) is 0 Å². The summed E-state index contributed by atoms with van der Waals surface area (Å²) in [6.45, 7) is 37.9. The summed E-state index contributed by atoms with van der Waals surface area (Å²) in [5, 5.41) is 33.1. The third kappa shape index (κ3) is 12.2. The third-order valence-electron chi connectivity index (χ3n) is 10.8. The van der Waals surface area contributed by atoms with Gasteiger partial charge in [0.25, 0.3) is 5.82 Å². The van der Waals surface area contributed by atoms with Gasteiger partial charge >= 0.3 is 5.82 Å². The van der Waals surface area contributed by atoms with E-state index in [1.165, 1.54) is 45.3 Å². The van der Waals surface area contributed by atoms with Gasteiger partial charge in [0.05, 0.1) is 11.3 Å². The van der Waals surface area contributed by atoms with E-state index in [1.54, 1.807) is 20.8 Å². The van der Waals surface area contributed by atoms with Crippen LogP contribution >= 0.6 is 0 Å². The Hall–Kier alpha value is -4.62. The Morgan fingerprint density at radius 3 is 1.41 bits per heavy atom. The number of H-pyrrole nitrogens is 2. The predicted octanol–water partition coefficient (Wildman–Crippen LogP) is 11.8. The van der Waals surface area contributed by atoms with Gasteiger partial charge in [-0.15, -0.1) is 18.6 Å². The Morgan fingerprint density at radius 2 is 0.983 bits per heavy atom. The van der Waals surface area contributed by atoms with Crippen molar-refractivity contribution in [3.8, 4) is 5.88 Å². The number of nitro groups is 2. The van der Waals surface area contributed by atoms with Crippen molar-refractivity contribution in [3.63, 3.8) is 0 Å². The van der Waals surface area contributed by atoms with Gasteiger partial charge in [-0.3, -0.25) is 0 Å². The molecule has 0 aliphatic rings. The zero-order valence-corrected chi connectivity index (χ0v) is 41.5. The SMILES string of the molecule is CCC.Cc1[c-]c([N+](=O)[O-])nc(C)c1C.Cc1nc([N+](=O)[O-])c(C(C)C)c(C)c1C.Cc1nc2[nH]c(C)c(C)c2c(C)c1C.Cc1nc2[nH]c(O)c(C)c2c(C)c1C.[Y]. The number of fused-ring (bicyclic) bond motifs is 2. The largest absolute Gasteiger partial charge is 0.494 e. The molecule has 14 heteroatoms. The number of nitrogens with one attached hydrogen (secondary N) is 2. The Labute approximate surface area is 374 Å². The molecule has 0 saturated heterocycles. The van der Waals surface area contributed by atoms with Crippen LogP contribution in [0.5, 0.6) is 5.88 Å². The third-order valence-corrected chi connectivity index (χ3v) is 10.8. The number of hydrogen-bond acceptors (Lipinski definition) is 9. The molecular weight excluding hydrogens is 821 g/mol. The fourth-order valence-corrected chi connectivity index (χ4v) is 6.43. The molecule has 59 heavy (non-hydrogen) atoms. The number of pyridine rings is 4. The molecular formula is C45H63N8O5Y-. The number of hydrogen-bond donors (Lipinski definition) is 3. The molecule has 6 aromatic rings. The normalized spacial score (nSPS) is 10.4. The number of aryl methyl sites for hydroxylation is 10. The van der Waals surface area contributed by atoms with E-state index < -0.39 is 9.85 Å². The van der Waals surface area contributed by atoms with Crippen LogP contribution in [0.15, 0.2) is 0 Å². The van der Waals surface area contributed by atoms with Gasteiger partial charge in [-0.1, -0.05) is 46.0 Å². The fourth-order valence-electron chi connectivity index (χ4n) is 6.43.